The second-order valence-electron chi connectivity index (χ2n) is 13.8. The number of amides is 1. The summed E-state index contributed by atoms with van der Waals surface area (Å²) in [4.78, 5) is 17.5. The van der Waals surface area contributed by atoms with E-state index in [1.54, 1.807) is 11.8 Å². The number of amidine groups is 1. The molecule has 0 radical (unpaired) electrons. The quantitative estimate of drug-likeness (QED) is 0.0993. The molecule has 0 spiro atoms. The number of rotatable bonds is 20. The van der Waals surface area contributed by atoms with Crippen LogP contribution in [-0.4, -0.2) is 70.0 Å². The minimum atomic E-state index is -0.370. The first-order valence-corrected chi connectivity index (χ1v) is 20.8. The van der Waals surface area contributed by atoms with Crippen molar-refractivity contribution in [3.8, 4) is 17.2 Å². The molecule has 3 aromatic rings. The van der Waals surface area contributed by atoms with E-state index < -0.39 is 0 Å². The van der Waals surface area contributed by atoms with E-state index in [-0.39, 0.29) is 18.0 Å². The van der Waals surface area contributed by atoms with E-state index >= 15 is 0 Å². The lowest BCUT2D eigenvalue weighted by molar-refractivity contribution is -0.125. The van der Waals surface area contributed by atoms with Crippen LogP contribution in [0, 0.1) is 17.2 Å². The highest BCUT2D eigenvalue weighted by Gasteiger charge is 2.26. The fourth-order valence-electron chi connectivity index (χ4n) is 6.66. The lowest BCUT2D eigenvalue weighted by Crippen LogP contribution is -2.48. The molecular formula is C44H57N5O4S. The number of carbonyl (C=O) groups is 1. The summed E-state index contributed by atoms with van der Waals surface area (Å²) in [5.74, 6) is 1.17. The molecule has 1 fully saturated rings. The van der Waals surface area contributed by atoms with E-state index in [4.69, 9.17) is 19.2 Å². The van der Waals surface area contributed by atoms with Crippen molar-refractivity contribution in [2.45, 2.75) is 76.1 Å². The molecule has 1 aliphatic carbocycles. The summed E-state index contributed by atoms with van der Waals surface area (Å²) in [6, 6.07) is 31.3. The Morgan fingerprint density at radius 3 is 1.93 bits per heavy atom. The monoisotopic (exact) mass is 751 g/mol. The molecule has 3 aromatic carbocycles. The molecule has 2 aliphatic rings. The van der Waals surface area contributed by atoms with Gasteiger partial charge < -0.3 is 24.8 Å². The molecule has 54 heavy (non-hydrogen) atoms. The van der Waals surface area contributed by atoms with Gasteiger partial charge in [-0.25, -0.2) is 4.99 Å². The third-order valence-corrected chi connectivity index (χ3v) is 10.6. The van der Waals surface area contributed by atoms with Crippen molar-refractivity contribution in [1.82, 2.24) is 16.0 Å². The van der Waals surface area contributed by atoms with Crippen molar-refractivity contribution in [3.05, 3.63) is 102 Å². The number of hydrogen-bond acceptors (Lipinski definition) is 9. The van der Waals surface area contributed by atoms with E-state index in [2.05, 4.69) is 58.4 Å². The van der Waals surface area contributed by atoms with Crippen molar-refractivity contribution >= 4 is 28.5 Å². The average molecular weight is 752 g/mol. The van der Waals surface area contributed by atoms with E-state index in [1.807, 2.05) is 48.5 Å². The van der Waals surface area contributed by atoms with Crippen LogP contribution >= 0.6 is 11.8 Å². The summed E-state index contributed by atoms with van der Waals surface area (Å²) in [5.41, 5.74) is 5.63. The van der Waals surface area contributed by atoms with Crippen molar-refractivity contribution < 1.29 is 19.0 Å². The first kappa shape index (κ1) is 41.2. The molecule has 1 saturated carbocycles. The smallest absolute Gasteiger partial charge is 0.223 e. The Balaban J connectivity index is 0.972. The molecule has 1 unspecified atom stereocenters. The van der Waals surface area contributed by atoms with Crippen LogP contribution in [0.25, 0.3) is 16.8 Å². The Hall–Kier alpha value is -3.98. The predicted molar refractivity (Wildman–Crippen MR) is 220 cm³/mol. The molecule has 10 heteroatoms. The minimum absolute atomic E-state index is 0.180. The van der Waals surface area contributed by atoms with Crippen LogP contribution < -0.4 is 16.0 Å². The van der Waals surface area contributed by atoms with Gasteiger partial charge in [0.1, 0.15) is 12.2 Å². The number of carbonyl (C=O) groups excluding carboxylic acids is 1. The van der Waals surface area contributed by atoms with E-state index in [1.165, 1.54) is 44.1 Å². The molecule has 1 amide bonds. The van der Waals surface area contributed by atoms with Gasteiger partial charge in [-0.1, -0.05) is 135 Å². The van der Waals surface area contributed by atoms with Crippen LogP contribution in [0.3, 0.4) is 0 Å². The highest BCUT2D eigenvalue weighted by Crippen LogP contribution is 2.30. The molecule has 1 atom stereocenters. The summed E-state index contributed by atoms with van der Waals surface area (Å²) in [6.07, 6.45) is 10.7. The fraction of sp³-hybridized carbons (Fsp3) is 0.477. The maximum Gasteiger partial charge on any atom is 0.223 e. The zero-order valence-electron chi connectivity index (χ0n) is 31.6. The Bertz CT molecular complexity index is 1620. The van der Waals surface area contributed by atoms with Crippen LogP contribution in [0.4, 0.5) is 0 Å². The largest absolute Gasteiger partial charge is 0.379 e. The maximum absolute atomic E-state index is 12.6. The molecule has 1 heterocycles. The first-order valence-electron chi connectivity index (χ1n) is 19.8. The fourth-order valence-corrected chi connectivity index (χ4v) is 7.51. The Morgan fingerprint density at radius 2 is 1.28 bits per heavy atom. The molecule has 0 bridgehead atoms. The van der Waals surface area contributed by atoms with Crippen LogP contribution in [-0.2, 0) is 24.8 Å². The van der Waals surface area contributed by atoms with Gasteiger partial charge in [0.05, 0.1) is 37.7 Å². The first-order chi connectivity index (χ1) is 26.7. The molecule has 9 nitrogen and oxygen atoms in total. The molecule has 0 aromatic heterocycles. The third-order valence-electron chi connectivity index (χ3n) is 9.68. The van der Waals surface area contributed by atoms with Gasteiger partial charge >= 0.3 is 0 Å². The van der Waals surface area contributed by atoms with Crippen molar-refractivity contribution in [2.75, 3.05) is 52.7 Å². The number of ether oxygens (including phenoxy) is 3. The van der Waals surface area contributed by atoms with Gasteiger partial charge in [0.25, 0.3) is 0 Å². The van der Waals surface area contributed by atoms with Gasteiger partial charge in [-0.2, -0.15) is 5.26 Å². The highest BCUT2D eigenvalue weighted by atomic mass is 32.2. The average Bonchev–Trinajstić information content (AvgIpc) is 3.36. The maximum atomic E-state index is 12.6. The van der Waals surface area contributed by atoms with Gasteiger partial charge in [-0.15, -0.1) is 0 Å². The predicted octanol–water partition coefficient (Wildman–Crippen LogP) is 8.09. The van der Waals surface area contributed by atoms with E-state index in [0.29, 0.717) is 64.0 Å². The number of hydrogen-bond donors (Lipinski definition) is 3. The molecular weight excluding hydrogens is 695 g/mol. The van der Waals surface area contributed by atoms with Gasteiger partial charge in [-0.05, 0) is 48.9 Å². The van der Waals surface area contributed by atoms with Crippen LogP contribution in [0.1, 0.15) is 75.3 Å². The zero-order chi connectivity index (χ0) is 37.5. The van der Waals surface area contributed by atoms with E-state index in [0.717, 1.165) is 53.3 Å². The van der Waals surface area contributed by atoms with Gasteiger partial charge in [0, 0.05) is 37.0 Å². The van der Waals surface area contributed by atoms with Crippen molar-refractivity contribution in [2.24, 2.45) is 10.9 Å². The summed E-state index contributed by atoms with van der Waals surface area (Å²) >= 11 is 1.63. The lowest BCUT2D eigenvalue weighted by Gasteiger charge is -2.27. The molecule has 5 rings (SSSR count). The standard InChI is InChI=1S/C44H57N5O4S/c45-33-40-41(38-23-21-37(22-24-38)36-17-11-6-12-18-36)48-44(54-34-35-15-7-5-8-16-35)49-42(40)46-25-13-27-51-29-31-53-32-30-52-28-14-26-47-43(50)39-19-9-3-1-2-4-10-20-39/h5-8,11-12,15-18,21-24,39,42,46H,1-4,9-10,13-14,19-20,25-32,34H2,(H,47,50)(H,48,49). The topological polar surface area (TPSA) is 117 Å². The lowest BCUT2D eigenvalue weighted by atomic mass is 9.96. The normalized spacial score (nSPS) is 16.7. The van der Waals surface area contributed by atoms with Crippen LogP contribution in [0.15, 0.2) is 95.5 Å². The Morgan fingerprint density at radius 1 is 0.722 bits per heavy atom. The summed E-state index contributed by atoms with van der Waals surface area (Å²) in [7, 11) is 0. The second kappa shape index (κ2) is 24.4. The third kappa shape index (κ3) is 14.3. The van der Waals surface area contributed by atoms with Gasteiger partial charge in [0.2, 0.25) is 5.91 Å². The molecule has 1 aliphatic heterocycles. The van der Waals surface area contributed by atoms with Crippen molar-refractivity contribution in [1.29, 1.82) is 5.26 Å². The SMILES string of the molecule is N#CC1=C(c2ccc(-c3ccccc3)cc2)N=C(SCc2ccccc2)NC1NCCCOCCOCCOCCCNC(=O)C1CCCCCCCC1. The van der Waals surface area contributed by atoms with Crippen LogP contribution in [0.2, 0.25) is 0 Å². The molecule has 288 valence electrons. The Labute approximate surface area is 326 Å². The van der Waals surface area contributed by atoms with E-state index in [9.17, 15) is 10.1 Å². The number of nitrogens with zero attached hydrogens (tertiary/aromatic N) is 2. The second-order valence-corrected chi connectivity index (χ2v) is 14.7. The number of benzene rings is 3. The van der Waals surface area contributed by atoms with Gasteiger partial charge in [0.15, 0.2) is 5.17 Å². The van der Waals surface area contributed by atoms with Crippen molar-refractivity contribution in [3.63, 3.8) is 0 Å². The number of thioether (sulfide) groups is 1. The Kier molecular flexibility index (Phi) is 18.6. The van der Waals surface area contributed by atoms with Gasteiger partial charge in [-0.3, -0.25) is 10.1 Å². The summed E-state index contributed by atoms with van der Waals surface area (Å²) in [5, 5.41) is 21.2. The molecule has 0 saturated heterocycles. The highest BCUT2D eigenvalue weighted by molar-refractivity contribution is 8.13. The van der Waals surface area contributed by atoms with Crippen LogP contribution in [0.5, 0.6) is 0 Å². The zero-order valence-corrected chi connectivity index (χ0v) is 32.4. The molecule has 3 N–H and O–H groups in total. The summed E-state index contributed by atoms with van der Waals surface area (Å²) < 4.78 is 17.2. The summed E-state index contributed by atoms with van der Waals surface area (Å²) in [6.45, 7) is 4.56. The number of aliphatic imine (C=N–C) groups is 1. The number of nitrogens with one attached hydrogen (secondary N) is 3. The number of nitriles is 1. The minimum Gasteiger partial charge on any atom is -0.379 e.